The van der Waals surface area contributed by atoms with Crippen molar-refractivity contribution in [3.8, 4) is 0 Å². The number of benzene rings is 1. The highest BCUT2D eigenvalue weighted by atomic mass is 19.1. The highest BCUT2D eigenvalue weighted by Crippen LogP contribution is 2.47. The number of ether oxygens (including phenoxy) is 1. The lowest BCUT2D eigenvalue weighted by Gasteiger charge is -2.47. The topological polar surface area (TPSA) is 12.5 Å². The van der Waals surface area contributed by atoms with Gasteiger partial charge in [-0.3, -0.25) is 0 Å². The molecule has 1 aromatic carbocycles. The van der Waals surface area contributed by atoms with Crippen LogP contribution in [0, 0.1) is 11.2 Å². The van der Waals surface area contributed by atoms with E-state index in [1.165, 1.54) is 32.1 Å². The maximum Gasteiger partial charge on any atom is 0.126 e. The summed E-state index contributed by atoms with van der Waals surface area (Å²) in [5.74, 6) is 0.352. The summed E-state index contributed by atoms with van der Waals surface area (Å²) in [7, 11) is 0. The van der Waals surface area contributed by atoms with E-state index < -0.39 is 0 Å². The molecule has 3 aliphatic rings. The minimum Gasteiger partial charge on any atom is -0.376 e. The van der Waals surface area contributed by atoms with Crippen molar-refractivity contribution >= 4 is 0 Å². The van der Waals surface area contributed by atoms with Crippen LogP contribution in [0.15, 0.2) is 24.3 Å². The van der Waals surface area contributed by atoms with Gasteiger partial charge in [0.2, 0.25) is 0 Å². The summed E-state index contributed by atoms with van der Waals surface area (Å²) in [6.45, 7) is 4.21. The average Bonchev–Trinajstić information content (AvgIpc) is 2.56. The van der Waals surface area contributed by atoms with Gasteiger partial charge in [-0.1, -0.05) is 24.6 Å². The summed E-state index contributed by atoms with van der Waals surface area (Å²) in [5.41, 5.74) is 1.47. The van der Waals surface area contributed by atoms with E-state index in [0.717, 1.165) is 44.6 Å². The molecular formula is C20H28FNO. The van der Waals surface area contributed by atoms with E-state index in [2.05, 4.69) is 4.90 Å². The molecule has 1 unspecified atom stereocenters. The van der Waals surface area contributed by atoms with Crippen LogP contribution in [0.5, 0.6) is 0 Å². The Morgan fingerprint density at radius 3 is 2.48 bits per heavy atom. The molecular weight excluding hydrogens is 289 g/mol. The Hall–Kier alpha value is -0.930. The molecule has 1 saturated carbocycles. The molecule has 3 heteroatoms. The molecule has 0 amide bonds. The minimum atomic E-state index is -0.0349. The van der Waals surface area contributed by atoms with Crippen molar-refractivity contribution in [2.45, 2.75) is 57.0 Å². The van der Waals surface area contributed by atoms with Crippen molar-refractivity contribution in [3.63, 3.8) is 0 Å². The smallest absolute Gasteiger partial charge is 0.126 e. The quantitative estimate of drug-likeness (QED) is 0.821. The largest absolute Gasteiger partial charge is 0.376 e. The number of rotatable bonds is 3. The predicted molar refractivity (Wildman–Crippen MR) is 90.1 cm³/mol. The van der Waals surface area contributed by atoms with Gasteiger partial charge in [-0.15, -0.1) is 0 Å². The summed E-state index contributed by atoms with van der Waals surface area (Å²) in [4.78, 5) is 2.53. The Balaban J connectivity index is 1.25. The third kappa shape index (κ3) is 3.32. The Morgan fingerprint density at radius 1 is 1.09 bits per heavy atom. The van der Waals surface area contributed by atoms with Gasteiger partial charge in [0, 0.05) is 6.54 Å². The summed E-state index contributed by atoms with van der Waals surface area (Å²) in [6, 6.07) is 7.28. The van der Waals surface area contributed by atoms with Gasteiger partial charge in [0.1, 0.15) is 5.82 Å². The van der Waals surface area contributed by atoms with Crippen LogP contribution < -0.4 is 0 Å². The van der Waals surface area contributed by atoms with Crippen molar-refractivity contribution in [1.29, 1.82) is 0 Å². The van der Waals surface area contributed by atoms with Gasteiger partial charge >= 0.3 is 0 Å². The zero-order valence-electron chi connectivity index (χ0n) is 14.0. The molecule has 3 fully saturated rings. The first-order valence-electron chi connectivity index (χ1n) is 9.33. The molecule has 1 aliphatic carbocycles. The normalized spacial score (nSPS) is 28.7. The van der Waals surface area contributed by atoms with Crippen LogP contribution in [0.4, 0.5) is 4.39 Å². The molecule has 126 valence electrons. The number of hydrogen-bond acceptors (Lipinski definition) is 2. The van der Waals surface area contributed by atoms with Crippen LogP contribution in [0.2, 0.25) is 0 Å². The Morgan fingerprint density at radius 2 is 1.87 bits per heavy atom. The first-order chi connectivity index (χ1) is 11.2. The fraction of sp³-hybridized carbons (Fsp3) is 0.700. The highest BCUT2D eigenvalue weighted by molar-refractivity contribution is 5.22. The Kier molecular flexibility index (Phi) is 4.42. The lowest BCUT2D eigenvalue weighted by molar-refractivity contribution is -0.105. The van der Waals surface area contributed by atoms with Crippen LogP contribution in [-0.2, 0) is 4.74 Å². The molecule has 1 spiro atoms. The van der Waals surface area contributed by atoms with Crippen LogP contribution >= 0.6 is 0 Å². The standard InChI is InChI=1S/C20H28FNO/c21-19-5-2-1-4-18(19)16-7-12-22(13-8-16)14-17-6-11-20(15-23-17)9-3-10-20/h1-2,4-5,16-17H,3,6-15H2. The second-order valence-electron chi connectivity index (χ2n) is 7.92. The SMILES string of the molecule is Fc1ccccc1C1CCN(CC2CCC3(CCC3)CO2)CC1. The van der Waals surface area contributed by atoms with Crippen molar-refractivity contribution in [1.82, 2.24) is 4.90 Å². The second kappa shape index (κ2) is 6.52. The van der Waals surface area contributed by atoms with Crippen LogP contribution in [0.25, 0.3) is 0 Å². The van der Waals surface area contributed by atoms with E-state index in [1.807, 2.05) is 12.1 Å². The molecule has 4 rings (SSSR count). The molecule has 1 aromatic rings. The van der Waals surface area contributed by atoms with Gasteiger partial charge in [0.15, 0.2) is 0 Å². The number of hydrogen-bond donors (Lipinski definition) is 0. The van der Waals surface area contributed by atoms with E-state index in [9.17, 15) is 4.39 Å². The lowest BCUT2D eigenvalue weighted by Crippen LogP contribution is -2.46. The zero-order valence-corrected chi connectivity index (χ0v) is 14.0. The monoisotopic (exact) mass is 317 g/mol. The number of halogens is 1. The fourth-order valence-electron chi connectivity index (χ4n) is 4.65. The van der Waals surface area contributed by atoms with Crippen molar-refractivity contribution in [2.24, 2.45) is 5.41 Å². The number of likely N-dealkylation sites (tertiary alicyclic amines) is 1. The lowest BCUT2D eigenvalue weighted by atomic mass is 9.65. The molecule has 0 N–H and O–H groups in total. The average molecular weight is 317 g/mol. The third-order valence-corrected chi connectivity index (χ3v) is 6.43. The van der Waals surface area contributed by atoms with E-state index >= 15 is 0 Å². The first kappa shape index (κ1) is 15.6. The van der Waals surface area contributed by atoms with Crippen molar-refractivity contribution in [3.05, 3.63) is 35.6 Å². The zero-order chi connectivity index (χ0) is 15.7. The van der Waals surface area contributed by atoms with E-state index in [0.29, 0.717) is 17.4 Å². The third-order valence-electron chi connectivity index (χ3n) is 6.43. The van der Waals surface area contributed by atoms with E-state index in [4.69, 9.17) is 4.74 Å². The van der Waals surface area contributed by atoms with Gasteiger partial charge in [-0.25, -0.2) is 4.39 Å². The molecule has 23 heavy (non-hydrogen) atoms. The summed E-state index contributed by atoms with van der Waals surface area (Å²) < 4.78 is 20.1. The van der Waals surface area contributed by atoms with E-state index in [1.54, 1.807) is 12.1 Å². The molecule has 2 nitrogen and oxygen atoms in total. The number of nitrogens with zero attached hydrogens (tertiary/aromatic N) is 1. The summed E-state index contributed by atoms with van der Waals surface area (Å²) >= 11 is 0. The predicted octanol–water partition coefficient (Wildman–Crippen LogP) is 4.35. The summed E-state index contributed by atoms with van der Waals surface area (Å²) in [6.07, 6.45) is 9.32. The maximum atomic E-state index is 13.9. The second-order valence-corrected chi connectivity index (χ2v) is 7.92. The highest BCUT2D eigenvalue weighted by Gasteiger charge is 2.41. The molecule has 0 aromatic heterocycles. The molecule has 0 radical (unpaired) electrons. The van der Waals surface area contributed by atoms with Gasteiger partial charge in [-0.05, 0) is 74.6 Å². The van der Waals surface area contributed by atoms with Gasteiger partial charge < -0.3 is 9.64 Å². The van der Waals surface area contributed by atoms with Crippen molar-refractivity contribution < 1.29 is 9.13 Å². The van der Waals surface area contributed by atoms with Gasteiger partial charge in [0.05, 0.1) is 12.7 Å². The van der Waals surface area contributed by atoms with Crippen LogP contribution in [0.3, 0.4) is 0 Å². The molecule has 2 heterocycles. The van der Waals surface area contributed by atoms with Crippen molar-refractivity contribution in [2.75, 3.05) is 26.2 Å². The maximum absolute atomic E-state index is 13.9. The molecule has 2 saturated heterocycles. The van der Waals surface area contributed by atoms with Gasteiger partial charge in [-0.2, -0.15) is 0 Å². The molecule has 2 aliphatic heterocycles. The van der Waals surface area contributed by atoms with Crippen LogP contribution in [0.1, 0.15) is 56.4 Å². The van der Waals surface area contributed by atoms with E-state index in [-0.39, 0.29) is 5.82 Å². The van der Waals surface area contributed by atoms with Gasteiger partial charge in [0.25, 0.3) is 0 Å². The van der Waals surface area contributed by atoms with Crippen LogP contribution in [-0.4, -0.2) is 37.2 Å². The Labute approximate surface area is 139 Å². The summed E-state index contributed by atoms with van der Waals surface area (Å²) in [5, 5.41) is 0. The number of piperidine rings is 1. The molecule has 0 bridgehead atoms. The first-order valence-corrected chi connectivity index (χ1v) is 9.33. The minimum absolute atomic E-state index is 0.0349. The Bertz CT molecular complexity index is 524. The fourth-order valence-corrected chi connectivity index (χ4v) is 4.65. The molecule has 1 atom stereocenters.